The molecule has 0 bridgehead atoms. The molecule has 3 heterocycles. The van der Waals surface area contributed by atoms with Crippen molar-refractivity contribution in [2.45, 2.75) is 31.3 Å². The highest BCUT2D eigenvalue weighted by Crippen LogP contribution is 2.34. The maximum Gasteiger partial charge on any atom is 0.253 e. The van der Waals surface area contributed by atoms with Gasteiger partial charge < -0.3 is 4.74 Å². The molecule has 0 radical (unpaired) electrons. The summed E-state index contributed by atoms with van der Waals surface area (Å²) in [5.41, 5.74) is 4.83. The molecule has 0 spiro atoms. The van der Waals surface area contributed by atoms with Gasteiger partial charge in [0.05, 0.1) is 30.3 Å². The van der Waals surface area contributed by atoms with Crippen molar-refractivity contribution >= 4 is 23.4 Å². The molecular formula is C27H26N6O2S. The molecule has 0 saturated heterocycles. The van der Waals surface area contributed by atoms with Gasteiger partial charge in [0.2, 0.25) is 0 Å². The van der Waals surface area contributed by atoms with Gasteiger partial charge in [-0.15, -0.1) is 10.2 Å². The largest absolute Gasteiger partial charge is 0.497 e. The van der Waals surface area contributed by atoms with E-state index in [0.717, 1.165) is 34.0 Å². The van der Waals surface area contributed by atoms with E-state index in [2.05, 4.69) is 15.3 Å². The lowest BCUT2D eigenvalue weighted by Crippen LogP contribution is -2.28. The van der Waals surface area contributed by atoms with Crippen LogP contribution in [0.5, 0.6) is 5.75 Å². The van der Waals surface area contributed by atoms with Gasteiger partial charge in [-0.3, -0.25) is 4.79 Å². The number of methoxy groups -OCH3 is 1. The fraction of sp³-hybridized carbons (Fsp3) is 0.222. The third-order valence-corrected chi connectivity index (χ3v) is 6.87. The lowest BCUT2D eigenvalue weighted by molar-refractivity contribution is -0.130. The first-order valence-corrected chi connectivity index (χ1v) is 12.6. The SMILES string of the molecule is COc1ccc(C2CC(c3ccccc3)=NN2C(=O)CSc2ccc(-n3nc(C)cc3C)nn2)cc1. The third kappa shape index (κ3) is 5.01. The second-order valence-corrected chi connectivity index (χ2v) is 9.50. The summed E-state index contributed by atoms with van der Waals surface area (Å²) >= 11 is 1.35. The number of amides is 1. The summed E-state index contributed by atoms with van der Waals surface area (Å²) in [4.78, 5) is 13.3. The minimum absolute atomic E-state index is 0.0869. The summed E-state index contributed by atoms with van der Waals surface area (Å²) in [7, 11) is 1.64. The zero-order chi connectivity index (χ0) is 25.1. The molecule has 1 unspecified atom stereocenters. The standard InChI is InChI=1S/C27H26N6O2S/c1-18-15-19(2)32(30-18)25-13-14-26(29-28-25)36-17-27(34)33-24(21-9-11-22(35-3)12-10-21)16-23(31-33)20-7-5-4-6-8-20/h4-15,24H,16-17H2,1-3H3. The number of ether oxygens (including phenoxy) is 1. The summed E-state index contributed by atoms with van der Waals surface area (Å²) < 4.78 is 7.05. The second-order valence-electron chi connectivity index (χ2n) is 8.50. The number of nitrogens with zero attached hydrogens (tertiary/aromatic N) is 6. The van der Waals surface area contributed by atoms with Crippen LogP contribution < -0.4 is 4.74 Å². The van der Waals surface area contributed by atoms with E-state index in [-0.39, 0.29) is 17.7 Å². The number of hydrogen-bond acceptors (Lipinski definition) is 7. The summed E-state index contributed by atoms with van der Waals surface area (Å²) in [5.74, 6) is 1.53. The van der Waals surface area contributed by atoms with Crippen molar-refractivity contribution in [1.82, 2.24) is 25.0 Å². The fourth-order valence-corrected chi connectivity index (χ4v) is 4.86. The molecule has 4 aromatic rings. The molecule has 8 nitrogen and oxygen atoms in total. The van der Waals surface area contributed by atoms with Gasteiger partial charge in [-0.1, -0.05) is 54.2 Å². The molecule has 0 saturated carbocycles. The predicted molar refractivity (Wildman–Crippen MR) is 140 cm³/mol. The van der Waals surface area contributed by atoms with Crippen molar-refractivity contribution in [3.63, 3.8) is 0 Å². The van der Waals surface area contributed by atoms with Crippen LogP contribution in [0.4, 0.5) is 0 Å². The Bertz CT molecular complexity index is 1380. The van der Waals surface area contributed by atoms with Gasteiger partial charge in [0.15, 0.2) is 5.82 Å². The van der Waals surface area contributed by atoms with Crippen LogP contribution in [0.1, 0.15) is 35.0 Å². The normalized spacial score (nSPS) is 15.1. The van der Waals surface area contributed by atoms with Crippen molar-refractivity contribution in [2.75, 3.05) is 12.9 Å². The lowest BCUT2D eigenvalue weighted by atomic mass is 9.98. The van der Waals surface area contributed by atoms with Crippen molar-refractivity contribution in [3.8, 4) is 11.6 Å². The third-order valence-electron chi connectivity index (χ3n) is 5.97. The average molecular weight is 499 g/mol. The summed E-state index contributed by atoms with van der Waals surface area (Å²) in [6.07, 6.45) is 0.643. The number of benzene rings is 2. The Morgan fingerprint density at radius 1 is 1.03 bits per heavy atom. The Hall–Kier alpha value is -3.98. The predicted octanol–water partition coefficient (Wildman–Crippen LogP) is 4.76. The van der Waals surface area contributed by atoms with Crippen LogP contribution in [-0.2, 0) is 4.79 Å². The Morgan fingerprint density at radius 3 is 2.44 bits per heavy atom. The maximum absolute atomic E-state index is 13.3. The van der Waals surface area contributed by atoms with Gasteiger partial charge in [0, 0.05) is 12.1 Å². The number of aryl methyl sites for hydroxylation is 2. The minimum atomic E-state index is -0.182. The zero-order valence-electron chi connectivity index (χ0n) is 20.3. The van der Waals surface area contributed by atoms with E-state index in [4.69, 9.17) is 9.84 Å². The van der Waals surface area contributed by atoms with E-state index in [1.165, 1.54) is 11.8 Å². The smallest absolute Gasteiger partial charge is 0.253 e. The molecule has 5 rings (SSSR count). The highest BCUT2D eigenvalue weighted by molar-refractivity contribution is 7.99. The first-order chi connectivity index (χ1) is 17.5. The number of thioether (sulfide) groups is 1. The van der Waals surface area contributed by atoms with E-state index in [1.807, 2.05) is 86.6 Å². The molecule has 0 N–H and O–H groups in total. The van der Waals surface area contributed by atoms with Gasteiger partial charge in [0.1, 0.15) is 10.8 Å². The Kier molecular flexibility index (Phi) is 6.81. The molecule has 9 heteroatoms. The Balaban J connectivity index is 1.32. The minimum Gasteiger partial charge on any atom is -0.497 e. The van der Waals surface area contributed by atoms with Gasteiger partial charge >= 0.3 is 0 Å². The highest BCUT2D eigenvalue weighted by Gasteiger charge is 2.33. The van der Waals surface area contributed by atoms with Crippen LogP contribution in [0.3, 0.4) is 0 Å². The first-order valence-electron chi connectivity index (χ1n) is 11.6. The van der Waals surface area contributed by atoms with E-state index in [0.29, 0.717) is 17.3 Å². The van der Waals surface area contributed by atoms with Crippen LogP contribution in [0.15, 0.2) is 82.9 Å². The summed E-state index contributed by atoms with van der Waals surface area (Å²) in [6, 6.07) is 23.3. The van der Waals surface area contributed by atoms with Crippen molar-refractivity contribution in [3.05, 3.63) is 95.3 Å². The molecule has 182 valence electrons. The van der Waals surface area contributed by atoms with E-state index >= 15 is 0 Å². The van der Waals surface area contributed by atoms with Crippen molar-refractivity contribution < 1.29 is 9.53 Å². The molecule has 36 heavy (non-hydrogen) atoms. The maximum atomic E-state index is 13.3. The molecule has 1 aliphatic rings. The molecule has 1 amide bonds. The average Bonchev–Trinajstić information content (AvgIpc) is 3.51. The van der Waals surface area contributed by atoms with Gasteiger partial charge in [-0.25, -0.2) is 9.69 Å². The van der Waals surface area contributed by atoms with E-state index in [1.54, 1.807) is 16.8 Å². The van der Waals surface area contributed by atoms with Gasteiger partial charge in [-0.05, 0) is 55.3 Å². The Labute approximate surface area is 214 Å². The number of hydrogen-bond donors (Lipinski definition) is 0. The Morgan fingerprint density at radius 2 is 1.81 bits per heavy atom. The molecule has 1 atom stereocenters. The second kappa shape index (κ2) is 10.3. The molecule has 2 aromatic carbocycles. The van der Waals surface area contributed by atoms with E-state index in [9.17, 15) is 4.79 Å². The number of carbonyl (C=O) groups is 1. The quantitative estimate of drug-likeness (QED) is 0.342. The summed E-state index contributed by atoms with van der Waals surface area (Å²) in [5, 5.41) is 20.0. The number of hydrazone groups is 1. The van der Waals surface area contributed by atoms with Gasteiger partial charge in [-0.2, -0.15) is 10.2 Å². The van der Waals surface area contributed by atoms with Crippen molar-refractivity contribution in [1.29, 1.82) is 0 Å². The topological polar surface area (TPSA) is 85.5 Å². The first kappa shape index (κ1) is 23.7. The number of aromatic nitrogens is 4. The number of carbonyl (C=O) groups excluding carboxylic acids is 1. The molecule has 1 aliphatic heterocycles. The molecular weight excluding hydrogens is 472 g/mol. The molecule has 0 aliphatic carbocycles. The summed E-state index contributed by atoms with van der Waals surface area (Å²) in [6.45, 7) is 3.92. The number of rotatable bonds is 7. The van der Waals surface area contributed by atoms with Crippen LogP contribution >= 0.6 is 11.8 Å². The molecule has 0 fully saturated rings. The van der Waals surface area contributed by atoms with Crippen molar-refractivity contribution in [2.24, 2.45) is 5.10 Å². The van der Waals surface area contributed by atoms with Gasteiger partial charge in [0.25, 0.3) is 5.91 Å². The monoisotopic (exact) mass is 498 g/mol. The van der Waals surface area contributed by atoms with E-state index < -0.39 is 0 Å². The van der Waals surface area contributed by atoms with Crippen LogP contribution in [0, 0.1) is 13.8 Å². The lowest BCUT2D eigenvalue weighted by Gasteiger charge is -2.22. The highest BCUT2D eigenvalue weighted by atomic mass is 32.2. The van der Waals surface area contributed by atoms with Crippen LogP contribution in [-0.4, -0.2) is 49.5 Å². The fourth-order valence-electron chi connectivity index (χ4n) is 4.20. The van der Waals surface area contributed by atoms with Crippen LogP contribution in [0.2, 0.25) is 0 Å². The zero-order valence-corrected chi connectivity index (χ0v) is 21.1. The molecule has 2 aromatic heterocycles. The van der Waals surface area contributed by atoms with Crippen LogP contribution in [0.25, 0.3) is 5.82 Å².